The molecule has 5 nitrogen and oxygen atoms in total. The van der Waals surface area contributed by atoms with Crippen molar-refractivity contribution in [3.8, 4) is 0 Å². The lowest BCUT2D eigenvalue weighted by atomic mass is 10.2. The molecule has 1 N–H and O–H groups in total. The number of hydrogen-bond donors (Lipinski definition) is 1. The van der Waals surface area contributed by atoms with Crippen LogP contribution in [0.5, 0.6) is 0 Å². The van der Waals surface area contributed by atoms with E-state index < -0.39 is 0 Å². The van der Waals surface area contributed by atoms with E-state index in [4.69, 9.17) is 35.4 Å². The minimum absolute atomic E-state index is 0.554. The molecule has 24 heavy (non-hydrogen) atoms. The number of halogens is 2. The van der Waals surface area contributed by atoms with Crippen LogP contribution in [0.15, 0.2) is 36.7 Å². The van der Waals surface area contributed by atoms with Gasteiger partial charge in [0.2, 0.25) is 5.95 Å². The van der Waals surface area contributed by atoms with Crippen LogP contribution in [-0.4, -0.2) is 46.2 Å². The van der Waals surface area contributed by atoms with Gasteiger partial charge in [-0.05, 0) is 36.0 Å². The summed E-state index contributed by atoms with van der Waals surface area (Å²) in [6.45, 7) is 3.99. The van der Waals surface area contributed by atoms with Crippen molar-refractivity contribution in [2.24, 2.45) is 0 Å². The smallest absolute Gasteiger partial charge is 0.225 e. The average molecular weight is 382 g/mol. The molecule has 0 amide bonds. The largest absolute Gasteiger partial charge is 0.358 e. The standard InChI is InChI=1S/C16H17Cl2N5S/c17-13-3-2-12(10-14(13)18)11-21-16(24)23-8-6-22(7-9-23)15-19-4-1-5-20-15/h1-5,10H,6-9,11H2,(H,21,24). The second-order valence-corrected chi connectivity index (χ2v) is 6.63. The number of hydrogen-bond acceptors (Lipinski definition) is 4. The summed E-state index contributed by atoms with van der Waals surface area (Å²) in [6.07, 6.45) is 3.52. The minimum Gasteiger partial charge on any atom is -0.358 e. The van der Waals surface area contributed by atoms with Gasteiger partial charge in [-0.2, -0.15) is 0 Å². The van der Waals surface area contributed by atoms with Crippen LogP contribution in [0, 0.1) is 0 Å². The van der Waals surface area contributed by atoms with Crippen molar-refractivity contribution in [3.63, 3.8) is 0 Å². The Morgan fingerprint density at radius 1 is 1.08 bits per heavy atom. The molecule has 1 saturated heterocycles. The molecule has 3 rings (SSSR count). The van der Waals surface area contributed by atoms with Gasteiger partial charge in [-0.25, -0.2) is 9.97 Å². The Morgan fingerprint density at radius 2 is 1.79 bits per heavy atom. The van der Waals surface area contributed by atoms with Crippen molar-refractivity contribution in [3.05, 3.63) is 52.3 Å². The number of aromatic nitrogens is 2. The van der Waals surface area contributed by atoms with Crippen LogP contribution in [0.4, 0.5) is 5.95 Å². The average Bonchev–Trinajstić information content (AvgIpc) is 2.63. The molecule has 1 aliphatic heterocycles. The predicted molar refractivity (Wildman–Crippen MR) is 102 cm³/mol. The Hall–Kier alpha value is -1.63. The molecule has 0 bridgehead atoms. The molecule has 1 fully saturated rings. The van der Waals surface area contributed by atoms with E-state index in [0.29, 0.717) is 16.6 Å². The Bertz CT molecular complexity index is 705. The Morgan fingerprint density at radius 3 is 2.46 bits per heavy atom. The van der Waals surface area contributed by atoms with Crippen LogP contribution in [0.1, 0.15) is 5.56 Å². The highest BCUT2D eigenvalue weighted by atomic mass is 35.5. The topological polar surface area (TPSA) is 44.3 Å². The maximum Gasteiger partial charge on any atom is 0.225 e. The number of thiocarbonyl (C=S) groups is 1. The van der Waals surface area contributed by atoms with E-state index >= 15 is 0 Å². The van der Waals surface area contributed by atoms with Crippen molar-refractivity contribution in [2.75, 3.05) is 31.1 Å². The van der Waals surface area contributed by atoms with Crippen LogP contribution < -0.4 is 10.2 Å². The fourth-order valence-electron chi connectivity index (χ4n) is 2.50. The second-order valence-electron chi connectivity index (χ2n) is 5.43. The lowest BCUT2D eigenvalue weighted by molar-refractivity contribution is 0.377. The minimum atomic E-state index is 0.554. The zero-order valence-corrected chi connectivity index (χ0v) is 15.3. The van der Waals surface area contributed by atoms with Gasteiger partial charge in [0, 0.05) is 45.1 Å². The van der Waals surface area contributed by atoms with Gasteiger partial charge in [0.05, 0.1) is 10.0 Å². The van der Waals surface area contributed by atoms with E-state index in [1.165, 1.54) is 0 Å². The molecule has 2 aromatic rings. The lowest BCUT2D eigenvalue weighted by Gasteiger charge is -2.36. The van der Waals surface area contributed by atoms with E-state index in [-0.39, 0.29) is 0 Å². The zero-order chi connectivity index (χ0) is 16.9. The molecule has 0 atom stereocenters. The van der Waals surface area contributed by atoms with Crippen molar-refractivity contribution in [2.45, 2.75) is 6.54 Å². The van der Waals surface area contributed by atoms with Crippen LogP contribution in [0.2, 0.25) is 10.0 Å². The monoisotopic (exact) mass is 381 g/mol. The summed E-state index contributed by atoms with van der Waals surface area (Å²) in [4.78, 5) is 12.9. The molecule has 1 aromatic heterocycles. The van der Waals surface area contributed by atoms with Crippen molar-refractivity contribution in [1.82, 2.24) is 20.2 Å². The summed E-state index contributed by atoms with van der Waals surface area (Å²) in [6, 6.07) is 7.41. The van der Waals surface area contributed by atoms with Crippen LogP contribution >= 0.6 is 35.4 Å². The van der Waals surface area contributed by atoms with E-state index in [0.717, 1.165) is 42.8 Å². The number of nitrogens with one attached hydrogen (secondary N) is 1. The van der Waals surface area contributed by atoms with E-state index in [9.17, 15) is 0 Å². The molecule has 0 aliphatic carbocycles. The van der Waals surface area contributed by atoms with Gasteiger partial charge in [-0.3, -0.25) is 0 Å². The summed E-state index contributed by atoms with van der Waals surface area (Å²) < 4.78 is 0. The Labute approximate surface area is 156 Å². The first-order valence-electron chi connectivity index (χ1n) is 7.62. The van der Waals surface area contributed by atoms with Crippen molar-refractivity contribution in [1.29, 1.82) is 0 Å². The van der Waals surface area contributed by atoms with Crippen LogP contribution in [0.25, 0.3) is 0 Å². The molecule has 0 unspecified atom stereocenters. The number of piperazine rings is 1. The van der Waals surface area contributed by atoms with Gasteiger partial charge >= 0.3 is 0 Å². The molecular formula is C16H17Cl2N5S. The third-order valence-electron chi connectivity index (χ3n) is 3.83. The Balaban J connectivity index is 1.49. The molecule has 0 saturated carbocycles. The first-order valence-corrected chi connectivity index (χ1v) is 8.78. The highest BCUT2D eigenvalue weighted by molar-refractivity contribution is 7.80. The molecule has 0 radical (unpaired) electrons. The quantitative estimate of drug-likeness (QED) is 0.824. The van der Waals surface area contributed by atoms with Crippen molar-refractivity contribution >= 4 is 46.5 Å². The van der Waals surface area contributed by atoms with E-state index in [2.05, 4.69) is 25.1 Å². The first kappa shape index (κ1) is 17.2. The summed E-state index contributed by atoms with van der Waals surface area (Å²) in [5.41, 5.74) is 1.04. The van der Waals surface area contributed by atoms with Crippen molar-refractivity contribution < 1.29 is 0 Å². The van der Waals surface area contributed by atoms with E-state index in [1.807, 2.05) is 18.2 Å². The van der Waals surface area contributed by atoms with Gasteiger partial charge < -0.3 is 15.1 Å². The third kappa shape index (κ3) is 4.26. The number of anilines is 1. The summed E-state index contributed by atoms with van der Waals surface area (Å²) in [7, 11) is 0. The molecule has 2 heterocycles. The van der Waals surface area contributed by atoms with Gasteiger partial charge in [0.25, 0.3) is 0 Å². The van der Waals surface area contributed by atoms with Gasteiger partial charge in [-0.1, -0.05) is 29.3 Å². The predicted octanol–water partition coefficient (Wildman–Crippen LogP) is 2.98. The zero-order valence-electron chi connectivity index (χ0n) is 13.0. The highest BCUT2D eigenvalue weighted by Gasteiger charge is 2.20. The van der Waals surface area contributed by atoms with Crippen LogP contribution in [0.3, 0.4) is 0 Å². The summed E-state index contributed by atoms with van der Waals surface area (Å²) >= 11 is 17.5. The molecule has 0 spiro atoms. The maximum absolute atomic E-state index is 6.03. The maximum atomic E-state index is 6.03. The van der Waals surface area contributed by atoms with Gasteiger partial charge in [0.15, 0.2) is 5.11 Å². The molecule has 126 valence electrons. The number of benzene rings is 1. The molecule has 8 heteroatoms. The number of nitrogens with zero attached hydrogens (tertiary/aromatic N) is 4. The third-order valence-corrected chi connectivity index (χ3v) is 4.97. The van der Waals surface area contributed by atoms with Gasteiger partial charge in [0.1, 0.15) is 0 Å². The molecular weight excluding hydrogens is 365 g/mol. The fourth-order valence-corrected chi connectivity index (χ4v) is 3.08. The van der Waals surface area contributed by atoms with E-state index in [1.54, 1.807) is 18.5 Å². The lowest BCUT2D eigenvalue weighted by Crippen LogP contribution is -2.52. The van der Waals surface area contributed by atoms with Crippen LogP contribution in [-0.2, 0) is 6.54 Å². The number of rotatable bonds is 3. The first-order chi connectivity index (χ1) is 11.6. The summed E-state index contributed by atoms with van der Waals surface area (Å²) in [5, 5.41) is 5.13. The SMILES string of the molecule is S=C(NCc1ccc(Cl)c(Cl)c1)N1CCN(c2ncccn2)CC1. The molecule has 1 aliphatic rings. The van der Waals surface area contributed by atoms with Gasteiger partial charge in [-0.15, -0.1) is 0 Å². The highest BCUT2D eigenvalue weighted by Crippen LogP contribution is 2.22. The molecule has 1 aromatic carbocycles. The second kappa shape index (κ2) is 7.96. The summed E-state index contributed by atoms with van der Waals surface area (Å²) in [5.74, 6) is 0.770. The normalized spacial score (nSPS) is 14.6. The fraction of sp³-hybridized carbons (Fsp3) is 0.312. The Kier molecular flexibility index (Phi) is 5.71.